The first-order valence-electron chi connectivity index (χ1n) is 6.17. The Balaban J connectivity index is 2.50. The standard InChI is InChI=1S/C14H17BrFN3/c1-9-13(6-7-17-2)18-19(3)14(9)11-8-10(15)4-5-12(11)16/h4-5,8,17H,6-7H2,1-3H3. The number of aromatic nitrogens is 2. The van der Waals surface area contributed by atoms with Crippen molar-refractivity contribution in [1.29, 1.82) is 0 Å². The van der Waals surface area contributed by atoms with Crippen LogP contribution >= 0.6 is 15.9 Å². The van der Waals surface area contributed by atoms with Crippen molar-refractivity contribution in [3.8, 4) is 11.3 Å². The predicted molar refractivity (Wildman–Crippen MR) is 78.7 cm³/mol. The molecule has 0 fully saturated rings. The van der Waals surface area contributed by atoms with Crippen molar-refractivity contribution < 1.29 is 4.39 Å². The van der Waals surface area contributed by atoms with Crippen molar-refractivity contribution in [3.05, 3.63) is 39.7 Å². The van der Waals surface area contributed by atoms with Gasteiger partial charge in [-0.2, -0.15) is 5.10 Å². The molecule has 2 rings (SSSR count). The summed E-state index contributed by atoms with van der Waals surface area (Å²) in [7, 11) is 3.76. The van der Waals surface area contributed by atoms with Crippen LogP contribution in [-0.4, -0.2) is 23.4 Å². The van der Waals surface area contributed by atoms with E-state index in [1.54, 1.807) is 16.8 Å². The van der Waals surface area contributed by atoms with E-state index in [0.29, 0.717) is 5.56 Å². The van der Waals surface area contributed by atoms with Gasteiger partial charge < -0.3 is 5.32 Å². The van der Waals surface area contributed by atoms with E-state index in [-0.39, 0.29) is 5.82 Å². The van der Waals surface area contributed by atoms with E-state index >= 15 is 0 Å². The van der Waals surface area contributed by atoms with Gasteiger partial charge in [0.2, 0.25) is 0 Å². The molecule has 0 aliphatic heterocycles. The van der Waals surface area contributed by atoms with E-state index < -0.39 is 0 Å². The first-order chi connectivity index (χ1) is 9.04. The number of aryl methyl sites for hydroxylation is 1. The number of likely N-dealkylation sites (N-methyl/N-ethyl adjacent to an activating group) is 1. The summed E-state index contributed by atoms with van der Waals surface area (Å²) in [6.45, 7) is 2.85. The molecule has 0 radical (unpaired) electrons. The van der Waals surface area contributed by atoms with E-state index in [9.17, 15) is 4.39 Å². The smallest absolute Gasteiger partial charge is 0.132 e. The lowest BCUT2D eigenvalue weighted by molar-refractivity contribution is 0.627. The van der Waals surface area contributed by atoms with Crippen LogP contribution < -0.4 is 5.32 Å². The molecule has 5 heteroatoms. The zero-order valence-electron chi connectivity index (χ0n) is 11.3. The van der Waals surface area contributed by atoms with E-state index in [4.69, 9.17) is 0 Å². The predicted octanol–water partition coefficient (Wildman–Crippen LogP) is 3.06. The Morgan fingerprint density at radius 3 is 2.84 bits per heavy atom. The fourth-order valence-corrected chi connectivity index (χ4v) is 2.58. The molecule has 0 aliphatic rings. The lowest BCUT2D eigenvalue weighted by Gasteiger charge is -2.06. The normalized spacial score (nSPS) is 11.0. The fourth-order valence-electron chi connectivity index (χ4n) is 2.22. The quantitative estimate of drug-likeness (QED) is 0.936. The van der Waals surface area contributed by atoms with Gasteiger partial charge in [0.1, 0.15) is 5.82 Å². The van der Waals surface area contributed by atoms with Gasteiger partial charge in [0.15, 0.2) is 0 Å². The van der Waals surface area contributed by atoms with Gasteiger partial charge in [0.25, 0.3) is 0 Å². The molecule has 1 N–H and O–H groups in total. The maximum atomic E-state index is 14.0. The van der Waals surface area contributed by atoms with Crippen molar-refractivity contribution in [3.63, 3.8) is 0 Å². The molecule has 1 heterocycles. The molecule has 102 valence electrons. The van der Waals surface area contributed by atoms with Gasteiger partial charge in [0, 0.05) is 30.0 Å². The van der Waals surface area contributed by atoms with Gasteiger partial charge >= 0.3 is 0 Å². The minimum atomic E-state index is -0.227. The Bertz CT molecular complexity index is 593. The molecule has 0 saturated carbocycles. The summed E-state index contributed by atoms with van der Waals surface area (Å²) < 4.78 is 16.6. The second-order valence-corrected chi connectivity index (χ2v) is 5.44. The molecule has 0 amide bonds. The van der Waals surface area contributed by atoms with E-state index in [0.717, 1.165) is 34.4 Å². The number of rotatable bonds is 4. The molecule has 0 spiro atoms. The summed E-state index contributed by atoms with van der Waals surface area (Å²) in [6.07, 6.45) is 0.839. The van der Waals surface area contributed by atoms with Crippen LogP contribution in [0.3, 0.4) is 0 Å². The van der Waals surface area contributed by atoms with Crippen LogP contribution in [0.1, 0.15) is 11.3 Å². The number of hydrogen-bond donors (Lipinski definition) is 1. The van der Waals surface area contributed by atoms with E-state index in [1.807, 2.05) is 21.0 Å². The van der Waals surface area contributed by atoms with Crippen LogP contribution in [0, 0.1) is 12.7 Å². The second kappa shape index (κ2) is 5.84. The van der Waals surface area contributed by atoms with Crippen molar-refractivity contribution in [1.82, 2.24) is 15.1 Å². The molecule has 1 aromatic carbocycles. The van der Waals surface area contributed by atoms with Crippen LogP contribution in [0.15, 0.2) is 22.7 Å². The Kier molecular flexibility index (Phi) is 4.37. The maximum absolute atomic E-state index is 14.0. The Labute approximate surface area is 121 Å². The Morgan fingerprint density at radius 1 is 1.42 bits per heavy atom. The highest BCUT2D eigenvalue weighted by Gasteiger charge is 2.17. The zero-order chi connectivity index (χ0) is 14.0. The highest BCUT2D eigenvalue weighted by Crippen LogP contribution is 2.30. The summed E-state index contributed by atoms with van der Waals surface area (Å²) in [5.74, 6) is -0.227. The topological polar surface area (TPSA) is 29.9 Å². The third-order valence-corrected chi connectivity index (χ3v) is 3.67. The highest BCUT2D eigenvalue weighted by atomic mass is 79.9. The fraction of sp³-hybridized carbons (Fsp3) is 0.357. The summed E-state index contributed by atoms with van der Waals surface area (Å²) >= 11 is 3.39. The number of hydrogen-bond acceptors (Lipinski definition) is 2. The van der Waals surface area contributed by atoms with Gasteiger partial charge in [0.05, 0.1) is 11.4 Å². The molecule has 0 bridgehead atoms. The summed E-state index contributed by atoms with van der Waals surface area (Å²) in [5, 5.41) is 7.59. The third kappa shape index (κ3) is 2.87. The number of halogens is 2. The van der Waals surface area contributed by atoms with Crippen molar-refractivity contribution in [2.24, 2.45) is 7.05 Å². The molecule has 0 saturated heterocycles. The molecule has 2 aromatic rings. The SMILES string of the molecule is CNCCc1nn(C)c(-c2cc(Br)ccc2F)c1C. The van der Waals surface area contributed by atoms with Crippen LogP contribution in [0.4, 0.5) is 4.39 Å². The molecular formula is C14H17BrFN3. The van der Waals surface area contributed by atoms with Gasteiger partial charge in [-0.25, -0.2) is 4.39 Å². The van der Waals surface area contributed by atoms with Crippen LogP contribution in [0.5, 0.6) is 0 Å². The number of nitrogens with zero attached hydrogens (tertiary/aromatic N) is 2. The molecule has 0 unspecified atom stereocenters. The Morgan fingerprint density at radius 2 is 2.16 bits per heavy atom. The van der Waals surface area contributed by atoms with Gasteiger partial charge in [-0.3, -0.25) is 4.68 Å². The average Bonchev–Trinajstić information content (AvgIpc) is 2.65. The van der Waals surface area contributed by atoms with Crippen LogP contribution in [0.25, 0.3) is 11.3 Å². The monoisotopic (exact) mass is 325 g/mol. The van der Waals surface area contributed by atoms with Crippen molar-refractivity contribution in [2.45, 2.75) is 13.3 Å². The van der Waals surface area contributed by atoms with E-state index in [2.05, 4.69) is 26.3 Å². The molecular weight excluding hydrogens is 309 g/mol. The lowest BCUT2D eigenvalue weighted by Crippen LogP contribution is -2.11. The summed E-state index contributed by atoms with van der Waals surface area (Å²) in [6, 6.07) is 4.97. The van der Waals surface area contributed by atoms with E-state index in [1.165, 1.54) is 6.07 Å². The largest absolute Gasteiger partial charge is 0.319 e. The second-order valence-electron chi connectivity index (χ2n) is 4.52. The first kappa shape index (κ1) is 14.2. The first-order valence-corrected chi connectivity index (χ1v) is 6.96. The number of nitrogens with one attached hydrogen (secondary N) is 1. The van der Waals surface area contributed by atoms with Crippen molar-refractivity contribution in [2.75, 3.05) is 13.6 Å². The summed E-state index contributed by atoms with van der Waals surface area (Å²) in [5.41, 5.74) is 3.46. The number of benzene rings is 1. The molecule has 0 aliphatic carbocycles. The van der Waals surface area contributed by atoms with Crippen LogP contribution in [-0.2, 0) is 13.5 Å². The maximum Gasteiger partial charge on any atom is 0.132 e. The van der Waals surface area contributed by atoms with Gasteiger partial charge in [-0.1, -0.05) is 15.9 Å². The molecule has 19 heavy (non-hydrogen) atoms. The summed E-state index contributed by atoms with van der Waals surface area (Å²) in [4.78, 5) is 0. The zero-order valence-corrected chi connectivity index (χ0v) is 12.9. The minimum Gasteiger partial charge on any atom is -0.319 e. The average molecular weight is 326 g/mol. The molecule has 3 nitrogen and oxygen atoms in total. The Hall–Kier alpha value is -1.20. The highest BCUT2D eigenvalue weighted by molar-refractivity contribution is 9.10. The van der Waals surface area contributed by atoms with Crippen LogP contribution in [0.2, 0.25) is 0 Å². The molecule has 1 aromatic heterocycles. The lowest BCUT2D eigenvalue weighted by atomic mass is 10.1. The van der Waals surface area contributed by atoms with Crippen molar-refractivity contribution >= 4 is 15.9 Å². The van der Waals surface area contributed by atoms with Gasteiger partial charge in [-0.05, 0) is 37.7 Å². The minimum absolute atomic E-state index is 0.227. The third-order valence-electron chi connectivity index (χ3n) is 3.18. The molecule has 0 atom stereocenters. The van der Waals surface area contributed by atoms with Gasteiger partial charge in [-0.15, -0.1) is 0 Å².